The van der Waals surface area contributed by atoms with E-state index in [1.807, 2.05) is 25.1 Å². The zero-order valence-electron chi connectivity index (χ0n) is 12.0. The number of benzene rings is 1. The van der Waals surface area contributed by atoms with Crippen molar-refractivity contribution in [3.8, 4) is 5.75 Å². The predicted octanol–water partition coefficient (Wildman–Crippen LogP) is 2.70. The average Bonchev–Trinajstić information content (AvgIpc) is 2.64. The lowest BCUT2D eigenvalue weighted by Crippen LogP contribution is -2.49. The van der Waals surface area contributed by atoms with Crippen molar-refractivity contribution in [2.75, 3.05) is 26.2 Å². The molecule has 3 rings (SSSR count). The highest BCUT2D eigenvalue weighted by Gasteiger charge is 2.39. The van der Waals surface area contributed by atoms with Gasteiger partial charge in [0.15, 0.2) is 0 Å². The Hall–Kier alpha value is -0.770. The van der Waals surface area contributed by atoms with Gasteiger partial charge in [0.1, 0.15) is 12.4 Å². The van der Waals surface area contributed by atoms with Gasteiger partial charge in [-0.1, -0.05) is 23.7 Å². The van der Waals surface area contributed by atoms with Crippen LogP contribution in [0.3, 0.4) is 0 Å². The van der Waals surface area contributed by atoms with E-state index >= 15 is 0 Å². The van der Waals surface area contributed by atoms with Crippen LogP contribution in [-0.4, -0.2) is 37.2 Å². The van der Waals surface area contributed by atoms with Gasteiger partial charge in [-0.3, -0.25) is 4.90 Å². The smallest absolute Gasteiger partial charge is 0.140 e. The van der Waals surface area contributed by atoms with Crippen molar-refractivity contribution in [3.05, 3.63) is 28.8 Å². The van der Waals surface area contributed by atoms with Gasteiger partial charge in [0, 0.05) is 25.7 Å². The van der Waals surface area contributed by atoms with Crippen molar-refractivity contribution in [1.29, 1.82) is 0 Å². The standard InChI is InChI=1S/C16H23ClN2O/c1-11-3-2-4-14(17)16(11)20-8-7-19-9-12-5-6-13(10-19)15(12)18/h2-4,12-13,15H,5-10,18H2,1H3/t12-,13+,15?. The second-order valence-electron chi connectivity index (χ2n) is 6.17. The number of likely N-dealkylation sites (tertiary alicyclic amines) is 1. The van der Waals surface area contributed by atoms with Gasteiger partial charge < -0.3 is 10.5 Å². The number of rotatable bonds is 4. The number of hydrogen-bond donors (Lipinski definition) is 1. The zero-order chi connectivity index (χ0) is 14.1. The molecule has 1 aliphatic carbocycles. The summed E-state index contributed by atoms with van der Waals surface area (Å²) in [5.41, 5.74) is 7.33. The number of hydrogen-bond acceptors (Lipinski definition) is 3. The summed E-state index contributed by atoms with van der Waals surface area (Å²) in [5, 5.41) is 0.700. The molecule has 2 aliphatic rings. The van der Waals surface area contributed by atoms with E-state index in [0.29, 0.717) is 29.5 Å². The van der Waals surface area contributed by atoms with E-state index in [1.54, 1.807) is 0 Å². The molecule has 0 amide bonds. The Balaban J connectivity index is 1.51. The number of aryl methyl sites for hydroxylation is 1. The molecule has 1 aromatic carbocycles. The van der Waals surface area contributed by atoms with Crippen LogP contribution in [0.2, 0.25) is 5.02 Å². The van der Waals surface area contributed by atoms with Crippen LogP contribution in [-0.2, 0) is 0 Å². The molecule has 1 saturated carbocycles. The van der Waals surface area contributed by atoms with E-state index in [1.165, 1.54) is 12.8 Å². The van der Waals surface area contributed by atoms with Gasteiger partial charge in [-0.2, -0.15) is 0 Å². The fraction of sp³-hybridized carbons (Fsp3) is 0.625. The maximum absolute atomic E-state index is 6.23. The molecule has 0 aromatic heterocycles. The second-order valence-corrected chi connectivity index (χ2v) is 6.58. The summed E-state index contributed by atoms with van der Waals surface area (Å²) in [6, 6.07) is 6.29. The molecule has 1 aromatic rings. The van der Waals surface area contributed by atoms with Crippen LogP contribution < -0.4 is 10.5 Å². The second kappa shape index (κ2) is 5.92. The Morgan fingerprint density at radius 2 is 2.00 bits per heavy atom. The number of nitrogens with two attached hydrogens (primary N) is 1. The zero-order valence-corrected chi connectivity index (χ0v) is 12.8. The van der Waals surface area contributed by atoms with Crippen LogP contribution >= 0.6 is 11.6 Å². The summed E-state index contributed by atoms with van der Waals surface area (Å²) in [7, 11) is 0. The molecular formula is C16H23ClN2O. The Morgan fingerprint density at radius 3 is 2.65 bits per heavy atom. The molecule has 1 aliphatic heterocycles. The van der Waals surface area contributed by atoms with Gasteiger partial charge in [0.2, 0.25) is 0 Å². The normalized spacial score (nSPS) is 29.6. The highest BCUT2D eigenvalue weighted by Crippen LogP contribution is 2.35. The third kappa shape index (κ3) is 2.80. The molecule has 1 heterocycles. The molecule has 0 radical (unpaired) electrons. The van der Waals surface area contributed by atoms with Crippen molar-refractivity contribution in [1.82, 2.24) is 4.90 Å². The topological polar surface area (TPSA) is 38.5 Å². The molecule has 20 heavy (non-hydrogen) atoms. The van der Waals surface area contributed by atoms with E-state index < -0.39 is 0 Å². The third-order valence-electron chi connectivity index (χ3n) is 4.80. The molecule has 2 N–H and O–H groups in total. The number of nitrogens with zero attached hydrogens (tertiary/aromatic N) is 1. The number of fused-ring (bicyclic) bond motifs is 2. The monoisotopic (exact) mass is 294 g/mol. The van der Waals surface area contributed by atoms with Crippen LogP contribution in [0.25, 0.3) is 0 Å². The van der Waals surface area contributed by atoms with Crippen LogP contribution in [0.1, 0.15) is 18.4 Å². The quantitative estimate of drug-likeness (QED) is 0.928. The van der Waals surface area contributed by atoms with Crippen LogP contribution in [0.15, 0.2) is 18.2 Å². The number of ether oxygens (including phenoxy) is 1. The summed E-state index contributed by atoms with van der Waals surface area (Å²) in [6.45, 7) is 5.94. The first-order valence-corrected chi connectivity index (χ1v) is 7.89. The minimum Gasteiger partial charge on any atom is -0.490 e. The van der Waals surface area contributed by atoms with Crippen LogP contribution in [0, 0.1) is 18.8 Å². The predicted molar refractivity (Wildman–Crippen MR) is 82.3 cm³/mol. The van der Waals surface area contributed by atoms with E-state index in [-0.39, 0.29) is 0 Å². The Morgan fingerprint density at radius 1 is 1.30 bits per heavy atom. The molecule has 110 valence electrons. The molecule has 3 atom stereocenters. The van der Waals surface area contributed by atoms with Crippen molar-refractivity contribution in [3.63, 3.8) is 0 Å². The Labute approximate surface area is 126 Å². The molecule has 2 bridgehead atoms. The molecule has 1 saturated heterocycles. The molecule has 4 heteroatoms. The summed E-state index contributed by atoms with van der Waals surface area (Å²) in [6.07, 6.45) is 2.60. The molecule has 0 spiro atoms. The third-order valence-corrected chi connectivity index (χ3v) is 5.10. The van der Waals surface area contributed by atoms with Crippen molar-refractivity contribution < 1.29 is 4.74 Å². The molecule has 1 unspecified atom stereocenters. The number of halogens is 1. The first kappa shape index (κ1) is 14.2. The number of piperidine rings is 1. The van der Waals surface area contributed by atoms with E-state index in [9.17, 15) is 0 Å². The molecule has 3 nitrogen and oxygen atoms in total. The van der Waals surface area contributed by atoms with Gasteiger partial charge in [-0.05, 0) is 43.2 Å². The lowest BCUT2D eigenvalue weighted by Gasteiger charge is -2.36. The largest absolute Gasteiger partial charge is 0.490 e. The fourth-order valence-electron chi connectivity index (χ4n) is 3.62. The summed E-state index contributed by atoms with van der Waals surface area (Å²) in [4.78, 5) is 2.50. The first-order chi connectivity index (χ1) is 9.65. The molecular weight excluding hydrogens is 272 g/mol. The Bertz CT molecular complexity index is 445. The van der Waals surface area contributed by atoms with Gasteiger partial charge in [0.25, 0.3) is 0 Å². The van der Waals surface area contributed by atoms with Crippen LogP contribution in [0.4, 0.5) is 0 Å². The van der Waals surface area contributed by atoms with E-state index in [2.05, 4.69) is 4.90 Å². The minimum absolute atomic E-state index is 0.429. The highest BCUT2D eigenvalue weighted by atomic mass is 35.5. The first-order valence-electron chi connectivity index (χ1n) is 7.51. The van der Waals surface area contributed by atoms with Gasteiger partial charge in [-0.15, -0.1) is 0 Å². The van der Waals surface area contributed by atoms with Crippen molar-refractivity contribution >= 4 is 11.6 Å². The SMILES string of the molecule is Cc1cccc(Cl)c1OCCN1C[C@H]2CC[C@@H](C1)C2N. The van der Waals surface area contributed by atoms with E-state index in [0.717, 1.165) is 30.9 Å². The summed E-state index contributed by atoms with van der Waals surface area (Å²) in [5.74, 6) is 2.21. The van der Waals surface area contributed by atoms with Crippen LogP contribution in [0.5, 0.6) is 5.75 Å². The fourth-order valence-corrected chi connectivity index (χ4v) is 3.90. The van der Waals surface area contributed by atoms with Crippen molar-refractivity contribution in [2.45, 2.75) is 25.8 Å². The maximum Gasteiger partial charge on any atom is 0.140 e. The summed E-state index contributed by atoms with van der Waals surface area (Å²) >= 11 is 6.17. The number of para-hydroxylation sites is 1. The van der Waals surface area contributed by atoms with E-state index in [4.69, 9.17) is 22.1 Å². The molecule has 2 fully saturated rings. The minimum atomic E-state index is 0.429. The Kier molecular flexibility index (Phi) is 4.20. The summed E-state index contributed by atoms with van der Waals surface area (Å²) < 4.78 is 5.88. The lowest BCUT2D eigenvalue weighted by molar-refractivity contribution is 0.126. The average molecular weight is 295 g/mol. The van der Waals surface area contributed by atoms with Gasteiger partial charge in [-0.25, -0.2) is 0 Å². The van der Waals surface area contributed by atoms with Crippen molar-refractivity contribution in [2.24, 2.45) is 17.6 Å². The lowest BCUT2D eigenvalue weighted by atomic mass is 9.93. The highest BCUT2D eigenvalue weighted by molar-refractivity contribution is 6.32. The van der Waals surface area contributed by atoms with Gasteiger partial charge in [0.05, 0.1) is 5.02 Å². The van der Waals surface area contributed by atoms with Gasteiger partial charge >= 0.3 is 0 Å². The maximum atomic E-state index is 6.23.